The molecule has 0 N–H and O–H groups in total. The van der Waals surface area contributed by atoms with Gasteiger partial charge in [0, 0.05) is 11.5 Å². The second-order valence-electron chi connectivity index (χ2n) is 5.05. The van der Waals surface area contributed by atoms with Gasteiger partial charge in [0.05, 0.1) is 0 Å². The van der Waals surface area contributed by atoms with Gasteiger partial charge >= 0.3 is 5.97 Å². The summed E-state index contributed by atoms with van der Waals surface area (Å²) in [6, 6.07) is 9.59. The summed E-state index contributed by atoms with van der Waals surface area (Å²) in [4.78, 5) is 11.5. The Labute approximate surface area is 106 Å². The van der Waals surface area contributed by atoms with Crippen LogP contribution in [-0.2, 0) is 9.53 Å². The van der Waals surface area contributed by atoms with Gasteiger partial charge in [-0.15, -0.1) is 0 Å². The minimum absolute atomic E-state index is 0.372. The van der Waals surface area contributed by atoms with E-state index in [1.54, 1.807) is 6.08 Å². The van der Waals surface area contributed by atoms with Gasteiger partial charge in [0.1, 0.15) is 16.9 Å². The van der Waals surface area contributed by atoms with Gasteiger partial charge in [-0.25, -0.2) is 4.79 Å². The number of furan rings is 1. The van der Waals surface area contributed by atoms with Crippen molar-refractivity contribution in [3.63, 3.8) is 0 Å². The highest BCUT2D eigenvalue weighted by molar-refractivity contribution is 5.88. The van der Waals surface area contributed by atoms with Crippen LogP contribution in [0, 0.1) is 0 Å². The Bertz CT molecular complexity index is 552. The predicted molar refractivity (Wildman–Crippen MR) is 71.1 cm³/mol. The van der Waals surface area contributed by atoms with E-state index in [4.69, 9.17) is 9.15 Å². The molecule has 0 aliphatic rings. The maximum atomic E-state index is 11.5. The maximum Gasteiger partial charge on any atom is 0.331 e. The molecule has 3 heteroatoms. The first-order valence-electron chi connectivity index (χ1n) is 5.84. The Hall–Kier alpha value is -2.03. The molecule has 1 heterocycles. The second kappa shape index (κ2) is 4.69. The number of hydrogen-bond acceptors (Lipinski definition) is 3. The number of hydrogen-bond donors (Lipinski definition) is 0. The number of esters is 1. The molecule has 18 heavy (non-hydrogen) atoms. The minimum atomic E-state index is -0.477. The summed E-state index contributed by atoms with van der Waals surface area (Å²) in [5, 5.41) is 1.02. The van der Waals surface area contributed by atoms with Crippen molar-refractivity contribution < 1.29 is 13.9 Å². The lowest BCUT2D eigenvalue weighted by atomic mass is 10.2. The fourth-order valence-corrected chi connectivity index (χ4v) is 1.57. The van der Waals surface area contributed by atoms with Gasteiger partial charge in [-0.2, -0.15) is 0 Å². The average Bonchev–Trinajstić information content (AvgIpc) is 2.66. The first kappa shape index (κ1) is 12.4. The Morgan fingerprint density at radius 3 is 2.67 bits per heavy atom. The highest BCUT2D eigenvalue weighted by atomic mass is 16.6. The molecule has 94 valence electrons. The van der Waals surface area contributed by atoms with E-state index in [0.29, 0.717) is 5.76 Å². The number of rotatable bonds is 2. The van der Waals surface area contributed by atoms with Crippen LogP contribution in [0.4, 0.5) is 0 Å². The molecule has 0 fully saturated rings. The molecule has 0 radical (unpaired) electrons. The molecule has 2 rings (SSSR count). The Balaban J connectivity index is 2.11. The average molecular weight is 244 g/mol. The lowest BCUT2D eigenvalue weighted by Gasteiger charge is -2.17. The summed E-state index contributed by atoms with van der Waals surface area (Å²) >= 11 is 0. The van der Waals surface area contributed by atoms with E-state index in [0.717, 1.165) is 11.0 Å². The number of ether oxygens (including phenoxy) is 1. The van der Waals surface area contributed by atoms with Crippen LogP contribution < -0.4 is 0 Å². The number of benzene rings is 1. The third kappa shape index (κ3) is 3.23. The molecule has 3 nitrogen and oxygen atoms in total. The highest BCUT2D eigenvalue weighted by Crippen LogP contribution is 2.19. The van der Waals surface area contributed by atoms with Crippen molar-refractivity contribution in [1.82, 2.24) is 0 Å². The molecule has 0 bridgehead atoms. The standard InChI is InChI=1S/C15H16O3/c1-15(2,3)18-14(16)9-8-12-10-11-6-4-5-7-13(11)17-12/h4-10H,1-3H3/b9-8+. The lowest BCUT2D eigenvalue weighted by Crippen LogP contribution is -2.22. The van der Waals surface area contributed by atoms with Gasteiger partial charge in [0.2, 0.25) is 0 Å². The van der Waals surface area contributed by atoms with Gasteiger partial charge in [0.25, 0.3) is 0 Å². The van der Waals surface area contributed by atoms with Crippen LogP contribution in [-0.4, -0.2) is 11.6 Å². The molecule has 2 aromatic rings. The van der Waals surface area contributed by atoms with E-state index >= 15 is 0 Å². The summed E-state index contributed by atoms with van der Waals surface area (Å²) in [5.41, 5.74) is 0.330. The topological polar surface area (TPSA) is 39.4 Å². The normalized spacial score (nSPS) is 12.2. The SMILES string of the molecule is CC(C)(C)OC(=O)/C=C/c1cc2ccccc2o1. The molecule has 1 aromatic carbocycles. The van der Waals surface area contributed by atoms with Crippen LogP contribution >= 0.6 is 0 Å². The fraction of sp³-hybridized carbons (Fsp3) is 0.267. The zero-order chi connectivity index (χ0) is 13.2. The van der Waals surface area contributed by atoms with E-state index in [2.05, 4.69) is 0 Å². The molecule has 0 amide bonds. The van der Waals surface area contributed by atoms with Gasteiger partial charge in [0.15, 0.2) is 0 Å². The summed E-state index contributed by atoms with van der Waals surface area (Å²) in [6.45, 7) is 5.50. The lowest BCUT2D eigenvalue weighted by molar-refractivity contribution is -0.148. The van der Waals surface area contributed by atoms with Crippen molar-refractivity contribution in [2.75, 3.05) is 0 Å². The highest BCUT2D eigenvalue weighted by Gasteiger charge is 2.13. The molecule has 0 aliphatic heterocycles. The van der Waals surface area contributed by atoms with Crippen LogP contribution in [0.1, 0.15) is 26.5 Å². The van der Waals surface area contributed by atoms with E-state index < -0.39 is 5.60 Å². The molecule has 0 saturated heterocycles. The van der Waals surface area contributed by atoms with Crippen molar-refractivity contribution in [2.24, 2.45) is 0 Å². The first-order chi connectivity index (χ1) is 8.44. The molecule has 0 spiro atoms. The van der Waals surface area contributed by atoms with Crippen LogP contribution in [0.5, 0.6) is 0 Å². The van der Waals surface area contributed by atoms with Crippen molar-refractivity contribution in [3.8, 4) is 0 Å². The van der Waals surface area contributed by atoms with E-state index in [1.165, 1.54) is 6.08 Å². The van der Waals surface area contributed by atoms with Crippen molar-refractivity contribution in [2.45, 2.75) is 26.4 Å². The zero-order valence-corrected chi connectivity index (χ0v) is 10.8. The third-order valence-electron chi connectivity index (χ3n) is 2.24. The van der Waals surface area contributed by atoms with Gasteiger partial charge in [-0.1, -0.05) is 18.2 Å². The molecule has 0 unspecified atom stereocenters. The van der Waals surface area contributed by atoms with E-state index in [9.17, 15) is 4.79 Å². The molecule has 1 aromatic heterocycles. The molecule has 0 aliphatic carbocycles. The fourth-order valence-electron chi connectivity index (χ4n) is 1.57. The first-order valence-corrected chi connectivity index (χ1v) is 5.84. The zero-order valence-electron chi connectivity index (χ0n) is 10.8. The predicted octanol–water partition coefficient (Wildman–Crippen LogP) is 3.79. The van der Waals surface area contributed by atoms with E-state index in [-0.39, 0.29) is 5.97 Å². The molecule has 0 saturated carbocycles. The maximum absolute atomic E-state index is 11.5. The van der Waals surface area contributed by atoms with Crippen molar-refractivity contribution >= 4 is 23.0 Å². The van der Waals surface area contributed by atoms with E-state index in [1.807, 2.05) is 51.1 Å². The quantitative estimate of drug-likeness (QED) is 0.596. The second-order valence-corrected chi connectivity index (χ2v) is 5.05. The minimum Gasteiger partial charge on any atom is -0.457 e. The van der Waals surface area contributed by atoms with Crippen LogP contribution in [0.2, 0.25) is 0 Å². The Morgan fingerprint density at radius 2 is 2.00 bits per heavy atom. The summed E-state index contributed by atoms with van der Waals surface area (Å²) in [6.07, 6.45) is 3.00. The monoisotopic (exact) mass is 244 g/mol. The summed E-state index contributed by atoms with van der Waals surface area (Å²) in [7, 11) is 0. The number of fused-ring (bicyclic) bond motifs is 1. The Kier molecular flexibility index (Phi) is 3.24. The van der Waals surface area contributed by atoms with Crippen LogP contribution in [0.15, 0.2) is 40.8 Å². The van der Waals surface area contributed by atoms with Gasteiger partial charge < -0.3 is 9.15 Å². The Morgan fingerprint density at radius 1 is 1.28 bits per heavy atom. The molecular weight excluding hydrogens is 228 g/mol. The number of carbonyl (C=O) groups excluding carboxylic acids is 1. The smallest absolute Gasteiger partial charge is 0.331 e. The van der Waals surface area contributed by atoms with Crippen molar-refractivity contribution in [3.05, 3.63) is 42.2 Å². The summed E-state index contributed by atoms with van der Waals surface area (Å²) < 4.78 is 10.7. The number of para-hydroxylation sites is 1. The van der Waals surface area contributed by atoms with Crippen molar-refractivity contribution in [1.29, 1.82) is 0 Å². The van der Waals surface area contributed by atoms with Gasteiger partial charge in [-0.3, -0.25) is 0 Å². The van der Waals surface area contributed by atoms with Crippen LogP contribution in [0.25, 0.3) is 17.0 Å². The van der Waals surface area contributed by atoms with Gasteiger partial charge in [-0.05, 0) is 39.0 Å². The molecular formula is C15H16O3. The largest absolute Gasteiger partial charge is 0.457 e. The third-order valence-corrected chi connectivity index (χ3v) is 2.24. The molecule has 0 atom stereocenters. The number of carbonyl (C=O) groups is 1. The van der Waals surface area contributed by atoms with Crippen LogP contribution in [0.3, 0.4) is 0 Å². The summed E-state index contributed by atoms with van der Waals surface area (Å²) in [5.74, 6) is 0.269.